The Labute approximate surface area is 155 Å². The second kappa shape index (κ2) is 8.52. The van der Waals surface area contributed by atoms with Gasteiger partial charge in [0.1, 0.15) is 5.75 Å². The number of carbonyl (C=O) groups excluding carboxylic acids is 2. The standard InChI is InChI=1S/C21H26N2O3/c1-14-11-18(26-5)9-10-19(14)16-7-6-8-17(13-16)21(25)23(4)15(2)12-20(24)22-3/h6-11,13,15H,12H2,1-5H3,(H,22,24)/t15-/m1/s1. The van der Waals surface area contributed by atoms with Crippen molar-refractivity contribution in [1.29, 1.82) is 0 Å². The third-order valence-electron chi connectivity index (χ3n) is 4.60. The molecule has 0 aliphatic heterocycles. The van der Waals surface area contributed by atoms with Gasteiger partial charge in [-0.15, -0.1) is 0 Å². The van der Waals surface area contributed by atoms with Crippen LogP contribution in [0.1, 0.15) is 29.3 Å². The molecule has 5 nitrogen and oxygen atoms in total. The van der Waals surface area contributed by atoms with Crippen LogP contribution in [0, 0.1) is 6.92 Å². The minimum absolute atomic E-state index is 0.0836. The van der Waals surface area contributed by atoms with Gasteiger partial charge in [0.25, 0.3) is 5.91 Å². The molecule has 0 bridgehead atoms. The molecule has 2 aromatic rings. The molecule has 0 radical (unpaired) electrons. The molecule has 2 rings (SSSR count). The summed E-state index contributed by atoms with van der Waals surface area (Å²) in [7, 11) is 4.96. The first-order chi connectivity index (χ1) is 12.4. The van der Waals surface area contributed by atoms with Crippen LogP contribution in [-0.2, 0) is 4.79 Å². The van der Waals surface area contributed by atoms with Crippen molar-refractivity contribution in [2.24, 2.45) is 0 Å². The van der Waals surface area contributed by atoms with Crippen LogP contribution in [0.2, 0.25) is 0 Å². The average Bonchev–Trinajstić information content (AvgIpc) is 2.66. The predicted octanol–water partition coefficient (Wildman–Crippen LogP) is 3.27. The van der Waals surface area contributed by atoms with E-state index in [1.165, 1.54) is 0 Å². The number of amides is 2. The Balaban J connectivity index is 2.25. The largest absolute Gasteiger partial charge is 0.497 e. The van der Waals surface area contributed by atoms with Gasteiger partial charge in [0.15, 0.2) is 0 Å². The van der Waals surface area contributed by atoms with Gasteiger partial charge >= 0.3 is 0 Å². The number of methoxy groups -OCH3 is 1. The van der Waals surface area contributed by atoms with Crippen LogP contribution >= 0.6 is 0 Å². The molecular formula is C21H26N2O3. The Morgan fingerprint density at radius 2 is 1.92 bits per heavy atom. The van der Waals surface area contributed by atoms with Gasteiger partial charge in [-0.3, -0.25) is 9.59 Å². The van der Waals surface area contributed by atoms with Crippen molar-refractivity contribution in [3.63, 3.8) is 0 Å². The second-order valence-corrected chi connectivity index (χ2v) is 6.40. The molecule has 0 saturated heterocycles. The summed E-state index contributed by atoms with van der Waals surface area (Å²) in [5.41, 5.74) is 3.71. The first kappa shape index (κ1) is 19.5. The van der Waals surface area contributed by atoms with E-state index in [2.05, 4.69) is 5.32 Å². The Bertz CT molecular complexity index is 802. The van der Waals surface area contributed by atoms with Crippen LogP contribution in [0.4, 0.5) is 0 Å². The van der Waals surface area contributed by atoms with Gasteiger partial charge in [0.05, 0.1) is 7.11 Å². The van der Waals surface area contributed by atoms with Crippen LogP contribution in [-0.4, -0.2) is 44.0 Å². The van der Waals surface area contributed by atoms with Gasteiger partial charge in [-0.1, -0.05) is 18.2 Å². The SMILES string of the molecule is CNC(=O)C[C@@H](C)N(C)C(=O)c1cccc(-c2ccc(OC)cc2C)c1. The normalized spacial score (nSPS) is 11.6. The van der Waals surface area contributed by atoms with E-state index in [0.717, 1.165) is 22.4 Å². The lowest BCUT2D eigenvalue weighted by Crippen LogP contribution is -2.38. The zero-order chi connectivity index (χ0) is 19.3. The summed E-state index contributed by atoms with van der Waals surface area (Å²) in [6, 6.07) is 13.2. The lowest BCUT2D eigenvalue weighted by atomic mass is 9.98. The van der Waals surface area contributed by atoms with Crippen LogP contribution < -0.4 is 10.1 Å². The molecule has 0 aliphatic rings. The summed E-state index contributed by atoms with van der Waals surface area (Å²) in [5, 5.41) is 2.59. The number of carbonyl (C=O) groups is 2. The van der Waals surface area contributed by atoms with E-state index < -0.39 is 0 Å². The van der Waals surface area contributed by atoms with E-state index in [-0.39, 0.29) is 24.3 Å². The van der Waals surface area contributed by atoms with Crippen molar-refractivity contribution in [3.8, 4) is 16.9 Å². The van der Waals surface area contributed by atoms with E-state index in [0.29, 0.717) is 5.56 Å². The molecule has 26 heavy (non-hydrogen) atoms. The summed E-state index contributed by atoms with van der Waals surface area (Å²) < 4.78 is 5.25. The quantitative estimate of drug-likeness (QED) is 0.866. The van der Waals surface area contributed by atoms with Crippen molar-refractivity contribution in [3.05, 3.63) is 53.6 Å². The molecule has 1 N–H and O–H groups in total. The first-order valence-electron chi connectivity index (χ1n) is 8.60. The summed E-state index contributed by atoms with van der Waals surface area (Å²) in [5.74, 6) is 0.621. The summed E-state index contributed by atoms with van der Waals surface area (Å²) in [6.45, 7) is 3.88. The minimum atomic E-state index is -0.186. The average molecular weight is 354 g/mol. The fourth-order valence-corrected chi connectivity index (χ4v) is 2.82. The molecule has 0 heterocycles. The Morgan fingerprint density at radius 1 is 1.19 bits per heavy atom. The summed E-state index contributed by atoms with van der Waals surface area (Å²) >= 11 is 0. The Kier molecular flexibility index (Phi) is 6.39. The fourth-order valence-electron chi connectivity index (χ4n) is 2.82. The maximum absolute atomic E-state index is 12.8. The predicted molar refractivity (Wildman–Crippen MR) is 103 cm³/mol. The molecule has 0 saturated carbocycles. The Hall–Kier alpha value is -2.82. The fraction of sp³-hybridized carbons (Fsp3) is 0.333. The third kappa shape index (κ3) is 4.42. The molecule has 2 aromatic carbocycles. The number of hydrogen-bond donors (Lipinski definition) is 1. The molecule has 0 spiro atoms. The summed E-state index contributed by atoms with van der Waals surface area (Å²) in [4.78, 5) is 26.0. The molecule has 138 valence electrons. The lowest BCUT2D eigenvalue weighted by molar-refractivity contribution is -0.121. The van der Waals surface area contributed by atoms with E-state index in [1.54, 1.807) is 32.2 Å². The van der Waals surface area contributed by atoms with Crippen LogP contribution in [0.5, 0.6) is 5.75 Å². The molecule has 5 heteroatoms. The van der Waals surface area contributed by atoms with E-state index in [4.69, 9.17) is 4.74 Å². The molecule has 0 fully saturated rings. The van der Waals surface area contributed by atoms with Gasteiger partial charge in [-0.05, 0) is 54.8 Å². The molecule has 0 unspecified atom stereocenters. The number of nitrogens with zero attached hydrogens (tertiary/aromatic N) is 1. The number of hydrogen-bond acceptors (Lipinski definition) is 3. The van der Waals surface area contributed by atoms with Crippen molar-refractivity contribution in [2.45, 2.75) is 26.3 Å². The van der Waals surface area contributed by atoms with Gasteiger partial charge < -0.3 is 15.0 Å². The molecule has 1 atom stereocenters. The van der Waals surface area contributed by atoms with Gasteiger partial charge in [0, 0.05) is 32.1 Å². The maximum Gasteiger partial charge on any atom is 0.253 e. The van der Waals surface area contributed by atoms with Crippen molar-refractivity contribution in [1.82, 2.24) is 10.2 Å². The van der Waals surface area contributed by atoms with Crippen molar-refractivity contribution in [2.75, 3.05) is 21.2 Å². The minimum Gasteiger partial charge on any atom is -0.497 e. The molecule has 0 aromatic heterocycles. The first-order valence-corrected chi connectivity index (χ1v) is 8.60. The van der Waals surface area contributed by atoms with Crippen molar-refractivity contribution >= 4 is 11.8 Å². The zero-order valence-corrected chi connectivity index (χ0v) is 16.0. The van der Waals surface area contributed by atoms with E-state index in [1.807, 2.05) is 50.2 Å². The lowest BCUT2D eigenvalue weighted by Gasteiger charge is -2.24. The van der Waals surface area contributed by atoms with Crippen LogP contribution in [0.3, 0.4) is 0 Å². The number of ether oxygens (including phenoxy) is 1. The van der Waals surface area contributed by atoms with E-state index in [9.17, 15) is 9.59 Å². The highest BCUT2D eigenvalue weighted by Crippen LogP contribution is 2.27. The van der Waals surface area contributed by atoms with Crippen LogP contribution in [0.15, 0.2) is 42.5 Å². The van der Waals surface area contributed by atoms with Gasteiger partial charge in [-0.25, -0.2) is 0 Å². The number of benzene rings is 2. The van der Waals surface area contributed by atoms with Crippen LogP contribution in [0.25, 0.3) is 11.1 Å². The smallest absolute Gasteiger partial charge is 0.253 e. The number of aryl methyl sites for hydroxylation is 1. The highest BCUT2D eigenvalue weighted by molar-refractivity contribution is 5.96. The van der Waals surface area contributed by atoms with E-state index >= 15 is 0 Å². The Morgan fingerprint density at radius 3 is 2.54 bits per heavy atom. The monoisotopic (exact) mass is 354 g/mol. The highest BCUT2D eigenvalue weighted by atomic mass is 16.5. The molecular weight excluding hydrogens is 328 g/mol. The second-order valence-electron chi connectivity index (χ2n) is 6.40. The number of rotatable bonds is 6. The summed E-state index contributed by atoms with van der Waals surface area (Å²) in [6.07, 6.45) is 0.274. The van der Waals surface area contributed by atoms with Crippen molar-refractivity contribution < 1.29 is 14.3 Å². The third-order valence-corrected chi connectivity index (χ3v) is 4.60. The highest BCUT2D eigenvalue weighted by Gasteiger charge is 2.20. The molecule has 0 aliphatic carbocycles. The van der Waals surface area contributed by atoms with Gasteiger partial charge in [0.2, 0.25) is 5.91 Å². The molecule has 2 amide bonds. The number of nitrogens with one attached hydrogen (secondary N) is 1. The van der Waals surface area contributed by atoms with Gasteiger partial charge in [-0.2, -0.15) is 0 Å². The maximum atomic E-state index is 12.8. The topological polar surface area (TPSA) is 58.6 Å². The zero-order valence-electron chi connectivity index (χ0n) is 16.0.